The van der Waals surface area contributed by atoms with Gasteiger partial charge >= 0.3 is 0 Å². The second-order valence-electron chi connectivity index (χ2n) is 8.86. The lowest BCUT2D eigenvalue weighted by atomic mass is 9.69. The summed E-state index contributed by atoms with van der Waals surface area (Å²) in [5.74, 6) is -1.07. The highest BCUT2D eigenvalue weighted by atomic mass is 35.5. The fourth-order valence-corrected chi connectivity index (χ4v) is 5.08. The molecule has 0 spiro atoms. The van der Waals surface area contributed by atoms with Gasteiger partial charge in [0.2, 0.25) is 11.8 Å². The number of Topliss-reactive ketones (excluding diaryl/α,β-unsaturated/α-hetero) is 1. The van der Waals surface area contributed by atoms with Crippen molar-refractivity contribution in [1.82, 2.24) is 0 Å². The Kier molecular flexibility index (Phi) is 5.44. The molecule has 2 aliphatic rings. The average Bonchev–Trinajstić information content (AvgIpc) is 2.66. The summed E-state index contributed by atoms with van der Waals surface area (Å²) in [6.45, 7) is 4.04. The maximum absolute atomic E-state index is 13.4. The Morgan fingerprint density at radius 3 is 2.35 bits per heavy atom. The Morgan fingerprint density at radius 2 is 1.74 bits per heavy atom. The summed E-state index contributed by atoms with van der Waals surface area (Å²) in [6, 6.07) is 11.7. The monoisotopic (exact) mass is 456 g/mol. The van der Waals surface area contributed by atoms with E-state index in [2.05, 4.69) is 0 Å². The van der Waals surface area contributed by atoms with E-state index in [1.807, 2.05) is 13.8 Å². The number of nitrogens with zero attached hydrogens (tertiary/aromatic N) is 1. The molecule has 0 saturated carbocycles. The lowest BCUT2D eigenvalue weighted by Crippen LogP contribution is -2.43. The van der Waals surface area contributed by atoms with E-state index < -0.39 is 11.8 Å². The van der Waals surface area contributed by atoms with Crippen LogP contribution in [-0.2, 0) is 9.59 Å². The summed E-state index contributed by atoms with van der Waals surface area (Å²) in [4.78, 5) is 39.7. The van der Waals surface area contributed by atoms with Crippen molar-refractivity contribution in [2.75, 3.05) is 4.90 Å². The van der Waals surface area contributed by atoms with Crippen molar-refractivity contribution in [2.45, 2.75) is 39.0 Å². The molecule has 160 valence electrons. The molecule has 1 aliphatic heterocycles. The predicted octanol–water partition coefficient (Wildman–Crippen LogP) is 5.26. The van der Waals surface area contributed by atoms with Crippen molar-refractivity contribution in [2.24, 2.45) is 11.1 Å². The van der Waals surface area contributed by atoms with Gasteiger partial charge in [0.1, 0.15) is 0 Å². The van der Waals surface area contributed by atoms with Crippen molar-refractivity contribution in [3.63, 3.8) is 0 Å². The molecule has 1 aliphatic carbocycles. The third-order valence-electron chi connectivity index (χ3n) is 5.89. The highest BCUT2D eigenvalue weighted by molar-refractivity contribution is 6.35. The molecular weight excluding hydrogens is 435 g/mol. The first-order valence-corrected chi connectivity index (χ1v) is 10.8. The number of hydrogen-bond donors (Lipinski definition) is 1. The number of primary amides is 1. The number of benzene rings is 2. The first-order chi connectivity index (χ1) is 14.6. The van der Waals surface area contributed by atoms with E-state index in [0.717, 1.165) is 5.56 Å². The molecule has 0 aromatic heterocycles. The molecule has 2 amide bonds. The molecule has 0 radical (unpaired) electrons. The third kappa shape index (κ3) is 4.00. The minimum atomic E-state index is -0.539. The molecule has 2 N–H and O–H groups in total. The summed E-state index contributed by atoms with van der Waals surface area (Å²) in [5, 5.41) is 0.936. The van der Waals surface area contributed by atoms with Crippen LogP contribution in [0.15, 0.2) is 53.7 Å². The maximum Gasteiger partial charge on any atom is 0.248 e. The number of hydrogen-bond acceptors (Lipinski definition) is 3. The van der Waals surface area contributed by atoms with E-state index in [-0.39, 0.29) is 23.5 Å². The van der Waals surface area contributed by atoms with Gasteiger partial charge in [0.05, 0.1) is 0 Å². The number of allylic oxidation sites excluding steroid dienone is 2. The lowest BCUT2D eigenvalue weighted by Gasteiger charge is -2.43. The lowest BCUT2D eigenvalue weighted by molar-refractivity contribution is -0.121. The molecule has 0 saturated heterocycles. The predicted molar refractivity (Wildman–Crippen MR) is 121 cm³/mol. The molecule has 2 aromatic rings. The molecule has 1 atom stereocenters. The zero-order valence-electron chi connectivity index (χ0n) is 17.2. The number of nitrogens with two attached hydrogens (primary N) is 1. The zero-order chi connectivity index (χ0) is 22.5. The van der Waals surface area contributed by atoms with E-state index in [4.69, 9.17) is 28.9 Å². The summed E-state index contributed by atoms with van der Waals surface area (Å²) < 4.78 is 0. The van der Waals surface area contributed by atoms with Crippen molar-refractivity contribution in [3.05, 3.63) is 74.9 Å². The molecule has 31 heavy (non-hydrogen) atoms. The Hall–Kier alpha value is -2.63. The maximum atomic E-state index is 13.4. The smallest absolute Gasteiger partial charge is 0.248 e. The summed E-state index contributed by atoms with van der Waals surface area (Å²) in [5.41, 5.74) is 8.06. The Balaban J connectivity index is 1.88. The van der Waals surface area contributed by atoms with Gasteiger partial charge in [0, 0.05) is 51.3 Å². The van der Waals surface area contributed by atoms with E-state index in [0.29, 0.717) is 45.4 Å². The van der Waals surface area contributed by atoms with Gasteiger partial charge in [-0.25, -0.2) is 0 Å². The third-order valence-corrected chi connectivity index (χ3v) is 6.45. The fraction of sp³-hybridized carbons (Fsp3) is 0.292. The number of rotatable bonds is 3. The molecule has 7 heteroatoms. The summed E-state index contributed by atoms with van der Waals surface area (Å²) in [7, 11) is 0. The zero-order valence-corrected chi connectivity index (χ0v) is 18.8. The van der Waals surface area contributed by atoms with Gasteiger partial charge in [0.15, 0.2) is 5.78 Å². The van der Waals surface area contributed by atoms with Gasteiger partial charge < -0.3 is 5.73 Å². The topological polar surface area (TPSA) is 80.5 Å². The molecule has 2 aromatic carbocycles. The van der Waals surface area contributed by atoms with E-state index in [1.165, 1.54) is 0 Å². The second kappa shape index (κ2) is 7.81. The normalized spacial score (nSPS) is 20.6. The van der Waals surface area contributed by atoms with Gasteiger partial charge in [-0.05, 0) is 53.8 Å². The molecule has 1 unspecified atom stereocenters. The van der Waals surface area contributed by atoms with Gasteiger partial charge in [-0.2, -0.15) is 0 Å². The minimum absolute atomic E-state index is 0.0218. The molecule has 5 nitrogen and oxygen atoms in total. The number of amides is 2. The molecule has 0 fully saturated rings. The molecule has 1 heterocycles. The van der Waals surface area contributed by atoms with E-state index in [1.54, 1.807) is 47.4 Å². The highest BCUT2D eigenvalue weighted by Gasteiger charge is 2.44. The molecule has 4 rings (SSSR count). The molecular formula is C24H22Cl2N2O3. The molecule has 0 bridgehead atoms. The van der Waals surface area contributed by atoms with Crippen LogP contribution in [0.25, 0.3) is 0 Å². The largest absolute Gasteiger partial charge is 0.366 e. The van der Waals surface area contributed by atoms with Crippen molar-refractivity contribution >= 4 is 46.5 Å². The van der Waals surface area contributed by atoms with Crippen molar-refractivity contribution in [1.29, 1.82) is 0 Å². The number of carbonyl (C=O) groups is 3. The summed E-state index contributed by atoms with van der Waals surface area (Å²) >= 11 is 12.5. The quantitative estimate of drug-likeness (QED) is 0.683. The van der Waals surface area contributed by atoms with Gasteiger partial charge in [0.25, 0.3) is 0 Å². The Morgan fingerprint density at radius 1 is 1.06 bits per heavy atom. The average molecular weight is 457 g/mol. The number of carbonyl (C=O) groups excluding carboxylic acids is 3. The van der Waals surface area contributed by atoms with E-state index in [9.17, 15) is 14.4 Å². The van der Waals surface area contributed by atoms with Crippen LogP contribution in [-0.4, -0.2) is 17.6 Å². The first-order valence-electron chi connectivity index (χ1n) is 10.0. The van der Waals surface area contributed by atoms with Crippen LogP contribution in [0.3, 0.4) is 0 Å². The van der Waals surface area contributed by atoms with Crippen LogP contribution in [0.4, 0.5) is 5.69 Å². The van der Waals surface area contributed by atoms with Crippen molar-refractivity contribution in [3.8, 4) is 0 Å². The highest BCUT2D eigenvalue weighted by Crippen LogP contribution is 2.49. The van der Waals surface area contributed by atoms with Gasteiger partial charge in [-0.15, -0.1) is 0 Å². The first kappa shape index (κ1) is 21.6. The number of ketones is 1. The van der Waals surface area contributed by atoms with Gasteiger partial charge in [-0.3, -0.25) is 19.3 Å². The number of anilines is 1. The number of halogens is 2. The Bertz CT molecular complexity index is 1140. The van der Waals surface area contributed by atoms with Gasteiger partial charge in [-0.1, -0.05) is 43.1 Å². The Labute approximate surface area is 190 Å². The van der Waals surface area contributed by atoms with Crippen LogP contribution >= 0.6 is 23.2 Å². The van der Waals surface area contributed by atoms with Crippen LogP contribution in [0, 0.1) is 5.41 Å². The minimum Gasteiger partial charge on any atom is -0.366 e. The van der Waals surface area contributed by atoms with Crippen LogP contribution in [0.2, 0.25) is 10.0 Å². The standard InChI is InChI=1S/C24H22Cl2N2O3/c1-24(2)11-19-22(20(29)12-24)17(16-8-5-14(25)9-18(16)26)10-21(30)28(19)15-6-3-13(4-7-15)23(27)31/h3-9,17H,10-12H2,1-2H3,(H2,27,31). The fourth-order valence-electron chi connectivity index (χ4n) is 4.54. The SMILES string of the molecule is CC1(C)CC(=O)C2=C(C1)N(c1ccc(C(N)=O)cc1)C(=O)CC2c1ccc(Cl)cc1Cl. The summed E-state index contributed by atoms with van der Waals surface area (Å²) in [6.07, 6.45) is 1.08. The van der Waals surface area contributed by atoms with E-state index >= 15 is 0 Å². The van der Waals surface area contributed by atoms with Crippen LogP contribution < -0.4 is 10.6 Å². The van der Waals surface area contributed by atoms with Crippen LogP contribution in [0.1, 0.15) is 54.9 Å². The van der Waals surface area contributed by atoms with Crippen molar-refractivity contribution < 1.29 is 14.4 Å². The second-order valence-corrected chi connectivity index (χ2v) is 9.71. The van der Waals surface area contributed by atoms with Crippen LogP contribution in [0.5, 0.6) is 0 Å².